The van der Waals surface area contributed by atoms with Crippen molar-refractivity contribution in [3.8, 4) is 0 Å². The molecule has 3 rings (SSSR count). The molecule has 0 unspecified atom stereocenters. The number of fused-ring (bicyclic) bond motifs is 1. The molecule has 1 amide bonds. The average molecular weight is 430 g/mol. The number of carbonyl (C=O) groups is 1. The van der Waals surface area contributed by atoms with Crippen molar-refractivity contribution in [3.05, 3.63) is 59.7 Å². The average Bonchev–Trinajstić information content (AvgIpc) is 2.73. The van der Waals surface area contributed by atoms with Crippen LogP contribution in [0.2, 0.25) is 0 Å². The van der Waals surface area contributed by atoms with Gasteiger partial charge in [0, 0.05) is 37.4 Å². The summed E-state index contributed by atoms with van der Waals surface area (Å²) in [5, 5.41) is 2.48. The summed E-state index contributed by atoms with van der Waals surface area (Å²) in [6.45, 7) is 5.55. The van der Waals surface area contributed by atoms with Gasteiger partial charge in [-0.1, -0.05) is 24.3 Å². The molecule has 1 heterocycles. The number of amides is 1. The van der Waals surface area contributed by atoms with Crippen molar-refractivity contribution in [2.45, 2.75) is 51.3 Å². The first kappa shape index (κ1) is 22.3. The molecule has 0 spiro atoms. The zero-order chi connectivity index (χ0) is 21.6. The lowest BCUT2D eigenvalue weighted by molar-refractivity contribution is -0.116. The molecule has 0 radical (unpaired) electrons. The van der Waals surface area contributed by atoms with Crippen LogP contribution >= 0.6 is 0 Å². The second kappa shape index (κ2) is 10.1. The zero-order valence-corrected chi connectivity index (χ0v) is 18.5. The van der Waals surface area contributed by atoms with Crippen LogP contribution in [0.1, 0.15) is 44.2 Å². The fourth-order valence-electron chi connectivity index (χ4n) is 3.49. The number of anilines is 2. The van der Waals surface area contributed by atoms with Crippen LogP contribution < -0.4 is 14.9 Å². The SMILES string of the molecule is CC(C)S(=O)(=O)NCCCCC(=O)Nc1ccc(N2CCc3ccccc3C2)cc1. The minimum absolute atomic E-state index is 0.0543. The van der Waals surface area contributed by atoms with E-state index in [1.165, 1.54) is 11.1 Å². The maximum absolute atomic E-state index is 12.1. The highest BCUT2D eigenvalue weighted by Gasteiger charge is 2.16. The van der Waals surface area contributed by atoms with E-state index in [4.69, 9.17) is 0 Å². The Morgan fingerprint density at radius 2 is 1.73 bits per heavy atom. The topological polar surface area (TPSA) is 78.5 Å². The van der Waals surface area contributed by atoms with E-state index in [1.807, 2.05) is 24.3 Å². The van der Waals surface area contributed by atoms with Gasteiger partial charge >= 0.3 is 0 Å². The van der Waals surface area contributed by atoms with Crippen molar-refractivity contribution in [1.29, 1.82) is 0 Å². The van der Waals surface area contributed by atoms with Crippen molar-refractivity contribution in [2.75, 3.05) is 23.3 Å². The molecule has 1 aliphatic heterocycles. The Morgan fingerprint density at radius 3 is 2.43 bits per heavy atom. The van der Waals surface area contributed by atoms with Gasteiger partial charge in [-0.05, 0) is 68.5 Å². The number of unbranched alkanes of at least 4 members (excludes halogenated alkanes) is 1. The molecular formula is C23H31N3O3S. The van der Waals surface area contributed by atoms with Crippen molar-refractivity contribution >= 4 is 27.3 Å². The van der Waals surface area contributed by atoms with E-state index in [-0.39, 0.29) is 5.91 Å². The monoisotopic (exact) mass is 429 g/mol. The summed E-state index contributed by atoms with van der Waals surface area (Å²) in [6, 6.07) is 16.5. The Morgan fingerprint density at radius 1 is 1.03 bits per heavy atom. The number of nitrogens with zero attached hydrogens (tertiary/aromatic N) is 1. The molecule has 0 atom stereocenters. The number of hydrogen-bond acceptors (Lipinski definition) is 4. The molecule has 1 aliphatic rings. The van der Waals surface area contributed by atoms with Crippen molar-refractivity contribution < 1.29 is 13.2 Å². The van der Waals surface area contributed by atoms with Crippen molar-refractivity contribution in [3.63, 3.8) is 0 Å². The molecule has 0 bridgehead atoms. The lowest BCUT2D eigenvalue weighted by atomic mass is 9.99. The minimum Gasteiger partial charge on any atom is -0.367 e. The Bertz CT molecular complexity index is 956. The number of carbonyl (C=O) groups excluding carboxylic acids is 1. The fourth-order valence-corrected chi connectivity index (χ4v) is 4.25. The maximum Gasteiger partial charge on any atom is 0.224 e. The first-order valence-corrected chi connectivity index (χ1v) is 12.1. The second-order valence-electron chi connectivity index (χ2n) is 7.98. The number of nitrogens with one attached hydrogen (secondary N) is 2. The molecule has 0 fully saturated rings. The smallest absolute Gasteiger partial charge is 0.224 e. The van der Waals surface area contributed by atoms with E-state index in [9.17, 15) is 13.2 Å². The summed E-state index contributed by atoms with van der Waals surface area (Å²) in [7, 11) is -3.23. The lowest BCUT2D eigenvalue weighted by Gasteiger charge is -2.30. The predicted octanol–water partition coefficient (Wildman–Crippen LogP) is 3.69. The highest BCUT2D eigenvalue weighted by molar-refractivity contribution is 7.90. The molecule has 6 nitrogen and oxygen atoms in total. The predicted molar refractivity (Wildman–Crippen MR) is 122 cm³/mol. The van der Waals surface area contributed by atoms with E-state index in [1.54, 1.807) is 13.8 Å². The zero-order valence-electron chi connectivity index (χ0n) is 17.7. The molecule has 162 valence electrons. The Hall–Kier alpha value is -2.38. The van der Waals surface area contributed by atoms with E-state index < -0.39 is 15.3 Å². The van der Waals surface area contributed by atoms with Gasteiger partial charge in [-0.15, -0.1) is 0 Å². The first-order chi connectivity index (χ1) is 14.3. The van der Waals surface area contributed by atoms with Crippen LogP contribution in [0.15, 0.2) is 48.5 Å². The highest BCUT2D eigenvalue weighted by atomic mass is 32.2. The largest absolute Gasteiger partial charge is 0.367 e. The molecule has 0 aromatic heterocycles. The normalized spacial score (nSPS) is 13.9. The van der Waals surface area contributed by atoms with Crippen molar-refractivity contribution in [1.82, 2.24) is 4.72 Å². The van der Waals surface area contributed by atoms with E-state index in [2.05, 4.69) is 39.2 Å². The Kier molecular flexibility index (Phi) is 7.50. The first-order valence-electron chi connectivity index (χ1n) is 10.6. The van der Waals surface area contributed by atoms with Gasteiger partial charge in [0.1, 0.15) is 0 Å². The highest BCUT2D eigenvalue weighted by Crippen LogP contribution is 2.25. The second-order valence-corrected chi connectivity index (χ2v) is 10.3. The van der Waals surface area contributed by atoms with Gasteiger partial charge < -0.3 is 10.2 Å². The van der Waals surface area contributed by atoms with Gasteiger partial charge in [-0.2, -0.15) is 0 Å². The standard InChI is InChI=1S/C23H31N3O3S/c1-18(2)30(28,29)24-15-6-5-9-23(27)25-21-10-12-22(13-11-21)26-16-14-19-7-3-4-8-20(19)17-26/h3-4,7-8,10-13,18,24H,5-6,9,14-17H2,1-2H3,(H,25,27). The third kappa shape index (κ3) is 6.06. The minimum atomic E-state index is -3.23. The van der Waals surface area contributed by atoms with E-state index in [0.29, 0.717) is 25.8 Å². The summed E-state index contributed by atoms with van der Waals surface area (Å²) in [4.78, 5) is 14.5. The van der Waals surface area contributed by atoms with Crippen LogP contribution in [0.4, 0.5) is 11.4 Å². The third-order valence-corrected chi connectivity index (χ3v) is 7.25. The fraction of sp³-hybridized carbons (Fsp3) is 0.435. The molecule has 2 N–H and O–H groups in total. The van der Waals surface area contributed by atoms with Gasteiger partial charge in [0.05, 0.1) is 5.25 Å². The molecule has 0 saturated heterocycles. The van der Waals surface area contributed by atoms with Crippen LogP contribution in [-0.2, 0) is 27.8 Å². The summed E-state index contributed by atoms with van der Waals surface area (Å²) < 4.78 is 25.9. The van der Waals surface area contributed by atoms with Crippen LogP contribution in [0.3, 0.4) is 0 Å². The van der Waals surface area contributed by atoms with Crippen LogP contribution in [0, 0.1) is 0 Å². The molecule has 2 aromatic carbocycles. The van der Waals surface area contributed by atoms with E-state index in [0.717, 1.165) is 30.9 Å². The van der Waals surface area contributed by atoms with Gasteiger partial charge in [-0.25, -0.2) is 13.1 Å². The summed E-state index contributed by atoms with van der Waals surface area (Å²) in [5.74, 6) is -0.0543. The van der Waals surface area contributed by atoms with Gasteiger partial charge in [0.2, 0.25) is 15.9 Å². The van der Waals surface area contributed by atoms with Gasteiger partial charge in [0.15, 0.2) is 0 Å². The van der Waals surface area contributed by atoms with Crippen molar-refractivity contribution in [2.24, 2.45) is 0 Å². The van der Waals surface area contributed by atoms with Crippen LogP contribution in [-0.4, -0.2) is 32.7 Å². The molecular weight excluding hydrogens is 398 g/mol. The van der Waals surface area contributed by atoms with Crippen LogP contribution in [0.5, 0.6) is 0 Å². The lowest BCUT2D eigenvalue weighted by Crippen LogP contribution is -2.31. The Labute approximate surface area is 179 Å². The number of sulfonamides is 1. The molecule has 0 aliphatic carbocycles. The summed E-state index contributed by atoms with van der Waals surface area (Å²) in [5.41, 5.74) is 4.73. The summed E-state index contributed by atoms with van der Waals surface area (Å²) in [6.07, 6.45) is 2.68. The van der Waals surface area contributed by atoms with E-state index >= 15 is 0 Å². The maximum atomic E-state index is 12.1. The van der Waals surface area contributed by atoms with Crippen LogP contribution in [0.25, 0.3) is 0 Å². The molecule has 2 aromatic rings. The molecule has 30 heavy (non-hydrogen) atoms. The quantitative estimate of drug-likeness (QED) is 0.596. The third-order valence-electron chi connectivity index (χ3n) is 5.40. The van der Waals surface area contributed by atoms with Gasteiger partial charge in [-0.3, -0.25) is 4.79 Å². The number of benzene rings is 2. The molecule has 7 heteroatoms. The number of rotatable bonds is 9. The molecule has 0 saturated carbocycles. The van der Waals surface area contributed by atoms with Gasteiger partial charge in [0.25, 0.3) is 0 Å². The number of hydrogen-bond donors (Lipinski definition) is 2. The summed E-state index contributed by atoms with van der Waals surface area (Å²) >= 11 is 0. The Balaban J connectivity index is 1.42.